The molecule has 0 radical (unpaired) electrons. The van der Waals surface area contributed by atoms with Crippen molar-refractivity contribution in [1.82, 2.24) is 9.78 Å². The number of hydrogen-bond acceptors (Lipinski definition) is 4. The van der Waals surface area contributed by atoms with E-state index in [1.54, 1.807) is 20.2 Å². The fourth-order valence-corrected chi connectivity index (χ4v) is 2.27. The fourth-order valence-electron chi connectivity index (χ4n) is 2.27. The quantitative estimate of drug-likeness (QED) is 0.919. The minimum Gasteiger partial charge on any atom is -0.496 e. The van der Waals surface area contributed by atoms with Gasteiger partial charge in [-0.15, -0.1) is 0 Å². The molecule has 0 aliphatic carbocycles. The Balaban J connectivity index is 2.60. The molecule has 1 aromatic carbocycles. The second-order valence-corrected chi connectivity index (χ2v) is 4.89. The Morgan fingerprint density at radius 3 is 2.60 bits per heavy atom. The summed E-state index contributed by atoms with van der Waals surface area (Å²) in [5.41, 5.74) is 9.23. The lowest BCUT2D eigenvalue weighted by Gasteiger charge is -2.17. The van der Waals surface area contributed by atoms with Gasteiger partial charge in [-0.3, -0.25) is 4.79 Å². The van der Waals surface area contributed by atoms with Gasteiger partial charge in [-0.1, -0.05) is 17.7 Å². The van der Waals surface area contributed by atoms with Crippen LogP contribution in [-0.4, -0.2) is 16.9 Å². The standard InChI is InChI=1S/C15H19N3O2/c1-9-5-6-13(20-4)11(7-9)14(16)12-8-10(2)17-18(3)15(12)19/h5-8,14H,16H2,1-4H3. The molecule has 1 atom stereocenters. The molecular weight excluding hydrogens is 254 g/mol. The Kier molecular flexibility index (Phi) is 3.90. The predicted molar refractivity (Wildman–Crippen MR) is 78.0 cm³/mol. The zero-order valence-corrected chi connectivity index (χ0v) is 12.2. The molecule has 5 heteroatoms. The summed E-state index contributed by atoms with van der Waals surface area (Å²) in [6.45, 7) is 3.81. The maximum absolute atomic E-state index is 12.2. The maximum Gasteiger partial charge on any atom is 0.271 e. The van der Waals surface area contributed by atoms with Crippen LogP contribution in [0.1, 0.15) is 28.4 Å². The van der Waals surface area contributed by atoms with Gasteiger partial charge >= 0.3 is 0 Å². The number of aryl methyl sites for hydroxylation is 3. The van der Waals surface area contributed by atoms with Crippen molar-refractivity contribution in [2.45, 2.75) is 19.9 Å². The molecule has 0 aliphatic rings. The van der Waals surface area contributed by atoms with Crippen molar-refractivity contribution in [3.05, 3.63) is 57.0 Å². The van der Waals surface area contributed by atoms with Gasteiger partial charge in [0.15, 0.2) is 0 Å². The molecule has 2 rings (SSSR count). The van der Waals surface area contributed by atoms with Crippen molar-refractivity contribution >= 4 is 0 Å². The summed E-state index contributed by atoms with van der Waals surface area (Å²) in [6.07, 6.45) is 0. The maximum atomic E-state index is 12.2. The van der Waals surface area contributed by atoms with Gasteiger partial charge in [0.25, 0.3) is 5.56 Å². The zero-order valence-electron chi connectivity index (χ0n) is 12.2. The van der Waals surface area contributed by atoms with Crippen LogP contribution in [0.25, 0.3) is 0 Å². The lowest BCUT2D eigenvalue weighted by molar-refractivity contribution is 0.407. The third kappa shape index (κ3) is 2.58. The van der Waals surface area contributed by atoms with Gasteiger partial charge in [0, 0.05) is 18.2 Å². The van der Waals surface area contributed by atoms with Gasteiger partial charge < -0.3 is 10.5 Å². The summed E-state index contributed by atoms with van der Waals surface area (Å²) in [6, 6.07) is 6.95. The number of methoxy groups -OCH3 is 1. The number of aromatic nitrogens is 2. The SMILES string of the molecule is COc1ccc(C)cc1C(N)c1cc(C)nn(C)c1=O. The van der Waals surface area contributed by atoms with Crippen molar-refractivity contribution in [3.63, 3.8) is 0 Å². The minimum absolute atomic E-state index is 0.188. The number of nitrogens with two attached hydrogens (primary N) is 1. The first-order chi connectivity index (χ1) is 9.43. The number of hydrogen-bond donors (Lipinski definition) is 1. The molecule has 2 aromatic rings. The van der Waals surface area contributed by atoms with E-state index in [4.69, 9.17) is 10.5 Å². The zero-order chi connectivity index (χ0) is 14.9. The Labute approximate surface area is 118 Å². The molecule has 1 unspecified atom stereocenters. The summed E-state index contributed by atoms with van der Waals surface area (Å²) in [5.74, 6) is 0.680. The molecule has 0 amide bonds. The van der Waals surface area contributed by atoms with Crippen LogP contribution in [0.3, 0.4) is 0 Å². The van der Waals surface area contributed by atoms with E-state index in [2.05, 4.69) is 5.10 Å². The van der Waals surface area contributed by atoms with Gasteiger partial charge in [0.2, 0.25) is 0 Å². The molecule has 0 saturated heterocycles. The molecule has 0 saturated carbocycles. The van der Waals surface area contributed by atoms with Gasteiger partial charge in [0.05, 0.1) is 18.8 Å². The highest BCUT2D eigenvalue weighted by Gasteiger charge is 2.18. The van der Waals surface area contributed by atoms with Crippen molar-refractivity contribution in [1.29, 1.82) is 0 Å². The number of ether oxygens (including phenoxy) is 1. The highest BCUT2D eigenvalue weighted by molar-refractivity contribution is 5.43. The Bertz CT molecular complexity index is 692. The van der Waals surface area contributed by atoms with E-state index >= 15 is 0 Å². The minimum atomic E-state index is -0.537. The normalized spacial score (nSPS) is 12.2. The van der Waals surface area contributed by atoms with Crippen LogP contribution in [0.2, 0.25) is 0 Å². The Morgan fingerprint density at radius 1 is 1.25 bits per heavy atom. The molecule has 2 N–H and O–H groups in total. The van der Waals surface area contributed by atoms with Gasteiger partial charge in [-0.25, -0.2) is 4.68 Å². The number of nitrogens with zero attached hydrogens (tertiary/aromatic N) is 2. The molecule has 5 nitrogen and oxygen atoms in total. The first-order valence-electron chi connectivity index (χ1n) is 6.39. The van der Waals surface area contributed by atoms with Gasteiger partial charge in [-0.2, -0.15) is 5.10 Å². The lowest BCUT2D eigenvalue weighted by Crippen LogP contribution is -2.29. The van der Waals surface area contributed by atoms with E-state index in [1.807, 2.05) is 32.0 Å². The van der Waals surface area contributed by atoms with E-state index in [0.29, 0.717) is 11.3 Å². The highest BCUT2D eigenvalue weighted by Crippen LogP contribution is 2.28. The van der Waals surface area contributed by atoms with Crippen LogP contribution in [-0.2, 0) is 7.05 Å². The molecule has 20 heavy (non-hydrogen) atoms. The molecule has 0 fully saturated rings. The topological polar surface area (TPSA) is 70.1 Å². The smallest absolute Gasteiger partial charge is 0.271 e. The Hall–Kier alpha value is -2.14. The van der Waals surface area contributed by atoms with Crippen LogP contribution >= 0.6 is 0 Å². The van der Waals surface area contributed by atoms with Crippen molar-refractivity contribution in [2.75, 3.05) is 7.11 Å². The summed E-state index contributed by atoms with van der Waals surface area (Å²) in [7, 11) is 3.22. The molecule has 1 aromatic heterocycles. The average Bonchev–Trinajstić information content (AvgIpc) is 2.42. The van der Waals surface area contributed by atoms with Crippen molar-refractivity contribution in [3.8, 4) is 5.75 Å². The first kappa shape index (κ1) is 14.3. The third-order valence-electron chi connectivity index (χ3n) is 3.27. The van der Waals surface area contributed by atoms with Crippen LogP contribution in [0.5, 0.6) is 5.75 Å². The van der Waals surface area contributed by atoms with Crippen LogP contribution in [0.15, 0.2) is 29.1 Å². The average molecular weight is 273 g/mol. The molecular formula is C15H19N3O2. The molecule has 1 heterocycles. The predicted octanol–water partition coefficient (Wildman–Crippen LogP) is 1.45. The van der Waals surface area contributed by atoms with Crippen molar-refractivity contribution in [2.24, 2.45) is 12.8 Å². The number of rotatable bonds is 3. The molecule has 0 spiro atoms. The van der Waals surface area contributed by atoms with E-state index < -0.39 is 6.04 Å². The third-order valence-corrected chi connectivity index (χ3v) is 3.27. The van der Waals surface area contributed by atoms with E-state index in [0.717, 1.165) is 16.8 Å². The van der Waals surface area contributed by atoms with Crippen LogP contribution in [0, 0.1) is 13.8 Å². The van der Waals surface area contributed by atoms with Gasteiger partial charge in [0.1, 0.15) is 5.75 Å². The monoisotopic (exact) mass is 273 g/mol. The summed E-state index contributed by atoms with van der Waals surface area (Å²) < 4.78 is 6.65. The van der Waals surface area contributed by atoms with Crippen LogP contribution in [0.4, 0.5) is 0 Å². The lowest BCUT2D eigenvalue weighted by atomic mass is 9.98. The van der Waals surface area contributed by atoms with E-state index in [-0.39, 0.29) is 5.56 Å². The molecule has 0 bridgehead atoms. The van der Waals surface area contributed by atoms with E-state index in [9.17, 15) is 4.79 Å². The largest absolute Gasteiger partial charge is 0.496 e. The fraction of sp³-hybridized carbons (Fsp3) is 0.333. The summed E-state index contributed by atoms with van der Waals surface area (Å²) >= 11 is 0. The van der Waals surface area contributed by atoms with Gasteiger partial charge in [-0.05, 0) is 26.0 Å². The van der Waals surface area contributed by atoms with E-state index in [1.165, 1.54) is 4.68 Å². The first-order valence-corrected chi connectivity index (χ1v) is 6.39. The molecule has 0 aliphatic heterocycles. The highest BCUT2D eigenvalue weighted by atomic mass is 16.5. The molecule has 106 valence electrons. The second kappa shape index (κ2) is 5.46. The second-order valence-electron chi connectivity index (χ2n) is 4.89. The number of benzene rings is 1. The Morgan fingerprint density at radius 2 is 1.95 bits per heavy atom. The summed E-state index contributed by atoms with van der Waals surface area (Å²) in [4.78, 5) is 12.2. The van der Waals surface area contributed by atoms with Crippen LogP contribution < -0.4 is 16.0 Å². The van der Waals surface area contributed by atoms with Crippen molar-refractivity contribution < 1.29 is 4.74 Å². The summed E-state index contributed by atoms with van der Waals surface area (Å²) in [5, 5.41) is 4.09.